The fourth-order valence-corrected chi connectivity index (χ4v) is 3.82. The second kappa shape index (κ2) is 11.1. The molecule has 0 fully saturated rings. The Morgan fingerprint density at radius 2 is 1.66 bits per heavy atom. The summed E-state index contributed by atoms with van der Waals surface area (Å²) >= 11 is 0. The van der Waals surface area contributed by atoms with E-state index in [0.717, 1.165) is 5.56 Å². The van der Waals surface area contributed by atoms with E-state index in [1.165, 1.54) is 21.1 Å². The number of hydrogen-bond donors (Lipinski definition) is 3. The molecule has 0 amide bonds. The number of aryl methyl sites for hydroxylation is 1. The lowest BCUT2D eigenvalue weighted by molar-refractivity contribution is 0.00135. The zero-order valence-corrected chi connectivity index (χ0v) is 19.8. The van der Waals surface area contributed by atoms with Gasteiger partial charge in [-0.15, -0.1) is 0 Å². The highest BCUT2D eigenvalue weighted by Gasteiger charge is 2.35. The van der Waals surface area contributed by atoms with Crippen LogP contribution in [0, 0.1) is 6.92 Å². The van der Waals surface area contributed by atoms with E-state index in [4.69, 9.17) is 20.1 Å². The standard InChI is InChI=1S/C20H30N6O5S/c1-12(2)31-18(19-22-10-13(3)11-23-19)14(4)32(27,28)26-20(25-21)24-17-15(29-5)8-7-9-16(17)30-6/h7-12,14,18H,21H2,1-6H3,(H2,24,25,26). The second-order valence-corrected chi connectivity index (χ2v) is 9.23. The average molecular weight is 467 g/mol. The van der Waals surface area contributed by atoms with Gasteiger partial charge in [-0.1, -0.05) is 6.07 Å². The summed E-state index contributed by atoms with van der Waals surface area (Å²) in [6, 6.07) is 5.04. The van der Waals surface area contributed by atoms with E-state index < -0.39 is 21.4 Å². The number of para-hydroxylation sites is 1. The number of aromatic nitrogens is 2. The number of aliphatic imine (C=N–C) groups is 1. The van der Waals surface area contributed by atoms with Crippen LogP contribution in [0.3, 0.4) is 0 Å². The van der Waals surface area contributed by atoms with Crippen LogP contribution in [0.15, 0.2) is 35.6 Å². The van der Waals surface area contributed by atoms with Crippen LogP contribution in [0.1, 0.15) is 38.3 Å². The van der Waals surface area contributed by atoms with Crippen molar-refractivity contribution in [3.05, 3.63) is 42.0 Å². The third-order valence-electron chi connectivity index (χ3n) is 4.39. The zero-order valence-electron chi connectivity index (χ0n) is 19.0. The smallest absolute Gasteiger partial charge is 0.240 e. The van der Waals surface area contributed by atoms with Crippen LogP contribution in [-0.4, -0.2) is 49.9 Å². The van der Waals surface area contributed by atoms with Crippen molar-refractivity contribution in [3.8, 4) is 11.5 Å². The van der Waals surface area contributed by atoms with E-state index in [-0.39, 0.29) is 23.6 Å². The number of hydrazine groups is 1. The quantitative estimate of drug-likeness (QED) is 0.217. The minimum Gasteiger partial charge on any atom is -0.494 e. The highest BCUT2D eigenvalue weighted by molar-refractivity contribution is 7.90. The highest BCUT2D eigenvalue weighted by Crippen LogP contribution is 2.37. The third kappa shape index (κ3) is 6.28. The Morgan fingerprint density at radius 3 is 2.12 bits per heavy atom. The Balaban J connectivity index is 2.40. The van der Waals surface area contributed by atoms with Gasteiger partial charge >= 0.3 is 0 Å². The molecule has 0 radical (unpaired) electrons. The molecule has 0 spiro atoms. The Labute approximate surface area is 188 Å². The number of nitrogens with two attached hydrogens (primary N) is 1. The van der Waals surface area contributed by atoms with Gasteiger partial charge < -0.3 is 14.2 Å². The molecule has 2 unspecified atom stereocenters. The molecule has 11 nitrogen and oxygen atoms in total. The Bertz CT molecular complexity index is 1010. The molecule has 2 atom stereocenters. The maximum atomic E-state index is 13.2. The topological polar surface area (TPSA) is 150 Å². The van der Waals surface area contributed by atoms with Crippen molar-refractivity contribution >= 4 is 21.7 Å². The van der Waals surface area contributed by atoms with Gasteiger partial charge in [0, 0.05) is 12.4 Å². The number of nitrogens with one attached hydrogen (secondary N) is 2. The third-order valence-corrected chi connectivity index (χ3v) is 6.10. The van der Waals surface area contributed by atoms with Crippen molar-refractivity contribution in [2.24, 2.45) is 10.8 Å². The lowest BCUT2D eigenvalue weighted by Crippen LogP contribution is -2.48. The fourth-order valence-electron chi connectivity index (χ4n) is 2.75. The van der Waals surface area contributed by atoms with Gasteiger partial charge in [-0.05, 0) is 45.4 Å². The molecule has 2 rings (SSSR count). The Hall–Kier alpha value is -2.96. The van der Waals surface area contributed by atoms with Crippen LogP contribution in [0.5, 0.6) is 11.5 Å². The molecule has 4 N–H and O–H groups in total. The van der Waals surface area contributed by atoms with E-state index in [2.05, 4.69) is 25.1 Å². The van der Waals surface area contributed by atoms with Gasteiger partial charge in [0.05, 0.1) is 20.3 Å². The molecule has 0 bridgehead atoms. The molecule has 0 aliphatic carbocycles. The summed E-state index contributed by atoms with van der Waals surface area (Å²) in [4.78, 5) is 12.8. The molecule has 1 heterocycles. The maximum absolute atomic E-state index is 13.2. The van der Waals surface area contributed by atoms with E-state index in [0.29, 0.717) is 11.5 Å². The zero-order chi connectivity index (χ0) is 23.9. The first kappa shape index (κ1) is 25.3. The number of nitrogens with zero attached hydrogens (tertiary/aromatic N) is 3. The summed E-state index contributed by atoms with van der Waals surface area (Å²) in [5.41, 5.74) is 3.37. The van der Waals surface area contributed by atoms with Gasteiger partial charge in [-0.25, -0.2) is 29.2 Å². The first-order chi connectivity index (χ1) is 15.1. The molecular weight excluding hydrogens is 436 g/mol. The van der Waals surface area contributed by atoms with Crippen molar-refractivity contribution in [1.82, 2.24) is 20.1 Å². The molecule has 32 heavy (non-hydrogen) atoms. The molecule has 0 aliphatic heterocycles. The molecule has 0 saturated carbocycles. The van der Waals surface area contributed by atoms with Gasteiger partial charge in [0.25, 0.3) is 0 Å². The summed E-state index contributed by atoms with van der Waals surface area (Å²) in [5.74, 6) is 6.33. The van der Waals surface area contributed by atoms with E-state index >= 15 is 0 Å². The predicted octanol–water partition coefficient (Wildman–Crippen LogP) is 1.73. The lowest BCUT2D eigenvalue weighted by Gasteiger charge is -2.25. The number of rotatable bonds is 9. The Kier molecular flexibility index (Phi) is 8.75. The van der Waals surface area contributed by atoms with Gasteiger partial charge in [0.2, 0.25) is 16.0 Å². The number of benzene rings is 1. The van der Waals surface area contributed by atoms with Crippen LogP contribution in [-0.2, 0) is 14.8 Å². The van der Waals surface area contributed by atoms with E-state index in [9.17, 15) is 8.42 Å². The monoisotopic (exact) mass is 466 g/mol. The molecule has 176 valence electrons. The normalized spacial score (nSPS) is 14.1. The van der Waals surface area contributed by atoms with Gasteiger partial charge in [-0.3, -0.25) is 10.1 Å². The average Bonchev–Trinajstić information content (AvgIpc) is 2.76. The summed E-state index contributed by atoms with van der Waals surface area (Å²) in [7, 11) is -1.12. The van der Waals surface area contributed by atoms with Crippen LogP contribution >= 0.6 is 0 Å². The summed E-state index contributed by atoms with van der Waals surface area (Å²) < 4.78 is 45.2. The highest BCUT2D eigenvalue weighted by atomic mass is 32.2. The molecule has 12 heteroatoms. The van der Waals surface area contributed by atoms with Crippen molar-refractivity contribution < 1.29 is 22.6 Å². The second-order valence-electron chi connectivity index (χ2n) is 7.19. The van der Waals surface area contributed by atoms with Gasteiger partial charge in [0.1, 0.15) is 22.9 Å². The molecule has 1 aromatic carbocycles. The first-order valence-corrected chi connectivity index (χ1v) is 11.4. The van der Waals surface area contributed by atoms with Crippen molar-refractivity contribution in [1.29, 1.82) is 0 Å². The van der Waals surface area contributed by atoms with Crippen LogP contribution in [0.4, 0.5) is 5.69 Å². The number of ether oxygens (including phenoxy) is 3. The Morgan fingerprint density at radius 1 is 1.09 bits per heavy atom. The van der Waals surface area contributed by atoms with Crippen molar-refractivity contribution in [3.63, 3.8) is 0 Å². The molecular formula is C20H30N6O5S. The van der Waals surface area contributed by atoms with E-state index in [1.807, 2.05) is 6.92 Å². The van der Waals surface area contributed by atoms with Crippen molar-refractivity contribution in [2.75, 3.05) is 14.2 Å². The molecule has 2 aromatic rings. The molecule has 0 saturated heterocycles. The number of hydrogen-bond acceptors (Lipinski definition) is 9. The summed E-state index contributed by atoms with van der Waals surface area (Å²) in [6.07, 6.45) is 2.02. The maximum Gasteiger partial charge on any atom is 0.240 e. The van der Waals surface area contributed by atoms with E-state index in [1.54, 1.807) is 44.4 Å². The minimum atomic E-state index is -4.04. The number of sulfonamides is 1. The number of guanidine groups is 1. The lowest BCUT2D eigenvalue weighted by atomic mass is 10.2. The van der Waals surface area contributed by atoms with Crippen LogP contribution in [0.2, 0.25) is 0 Å². The van der Waals surface area contributed by atoms with Gasteiger partial charge in [-0.2, -0.15) is 0 Å². The van der Waals surface area contributed by atoms with Crippen molar-refractivity contribution in [2.45, 2.75) is 45.2 Å². The SMILES string of the molecule is COc1cccc(OC)c1/N=C(/NN)NS(=O)(=O)C(C)C(OC(C)C)c1ncc(C)cn1. The summed E-state index contributed by atoms with van der Waals surface area (Å²) in [6.45, 7) is 6.94. The predicted molar refractivity (Wildman–Crippen MR) is 121 cm³/mol. The first-order valence-electron chi connectivity index (χ1n) is 9.84. The molecule has 1 aromatic heterocycles. The number of methoxy groups -OCH3 is 2. The largest absolute Gasteiger partial charge is 0.494 e. The van der Waals surface area contributed by atoms with Gasteiger partial charge in [0.15, 0.2) is 11.5 Å². The van der Waals surface area contributed by atoms with Crippen LogP contribution in [0.25, 0.3) is 0 Å². The molecule has 0 aliphatic rings. The van der Waals surface area contributed by atoms with Crippen LogP contribution < -0.4 is 25.5 Å². The summed E-state index contributed by atoms with van der Waals surface area (Å²) in [5, 5.41) is -1.08. The fraction of sp³-hybridized carbons (Fsp3) is 0.450. The minimum absolute atomic E-state index is 0.229.